The van der Waals surface area contributed by atoms with E-state index in [0.717, 1.165) is 5.56 Å². The zero-order valence-electron chi connectivity index (χ0n) is 17.1. The van der Waals surface area contributed by atoms with Crippen LogP contribution in [0.5, 0.6) is 5.95 Å². The molecule has 2 aromatic carbocycles. The fourth-order valence-corrected chi connectivity index (χ4v) is 3.66. The quantitative estimate of drug-likeness (QED) is 0.273. The fourth-order valence-electron chi connectivity index (χ4n) is 3.03. The summed E-state index contributed by atoms with van der Waals surface area (Å²) in [5.74, 6) is -1.22. The SMILES string of the molecule is Cc1ccc(-[n+]2noc([O-])c2-c2csc(N=N/C=C3\C(=O)ONN3c3ccccc3)n2)cc1. The Bertz CT molecular complexity index is 1360. The van der Waals surface area contributed by atoms with Crippen molar-refractivity contribution in [1.29, 1.82) is 0 Å². The number of nitrogens with zero attached hydrogens (tertiary/aromatic N) is 6. The van der Waals surface area contributed by atoms with E-state index in [0.29, 0.717) is 17.1 Å². The van der Waals surface area contributed by atoms with Crippen LogP contribution in [0.15, 0.2) is 86.6 Å². The van der Waals surface area contributed by atoms with Crippen molar-refractivity contribution < 1.29 is 23.9 Å². The van der Waals surface area contributed by atoms with Crippen LogP contribution in [0, 0.1) is 6.92 Å². The molecule has 0 spiro atoms. The Balaban J connectivity index is 1.40. The number of anilines is 1. The highest BCUT2D eigenvalue weighted by Gasteiger charge is 2.29. The van der Waals surface area contributed by atoms with Gasteiger partial charge < -0.3 is 14.5 Å². The first-order valence-electron chi connectivity index (χ1n) is 9.65. The Labute approximate surface area is 190 Å². The van der Waals surface area contributed by atoms with Gasteiger partial charge in [-0.2, -0.15) is 5.11 Å². The van der Waals surface area contributed by atoms with E-state index < -0.39 is 11.9 Å². The molecule has 2 aromatic heterocycles. The molecule has 0 amide bonds. The Hall–Kier alpha value is -4.42. The van der Waals surface area contributed by atoms with Crippen LogP contribution in [0.1, 0.15) is 5.56 Å². The summed E-state index contributed by atoms with van der Waals surface area (Å²) in [6.07, 6.45) is 1.27. The van der Waals surface area contributed by atoms with Gasteiger partial charge in [-0.15, -0.1) is 16.5 Å². The van der Waals surface area contributed by atoms with Gasteiger partial charge in [-0.05, 0) is 23.7 Å². The first-order chi connectivity index (χ1) is 16.1. The van der Waals surface area contributed by atoms with Gasteiger partial charge in [0.15, 0.2) is 17.3 Å². The van der Waals surface area contributed by atoms with Gasteiger partial charge in [-0.1, -0.05) is 41.5 Å². The molecule has 164 valence electrons. The Morgan fingerprint density at radius 1 is 1.18 bits per heavy atom. The summed E-state index contributed by atoms with van der Waals surface area (Å²) in [4.78, 5) is 21.2. The number of hydrazine groups is 1. The van der Waals surface area contributed by atoms with Gasteiger partial charge in [0.25, 0.3) is 5.69 Å². The van der Waals surface area contributed by atoms with Gasteiger partial charge in [-0.25, -0.2) is 14.8 Å². The number of thiazole rings is 1. The second-order valence-corrected chi connectivity index (χ2v) is 7.69. The van der Waals surface area contributed by atoms with Gasteiger partial charge in [-0.3, -0.25) is 0 Å². The molecule has 3 heterocycles. The number of aromatic nitrogens is 3. The first kappa shape index (κ1) is 20.5. The number of carbonyl (C=O) groups is 1. The summed E-state index contributed by atoms with van der Waals surface area (Å²) < 4.78 is 6.24. The largest absolute Gasteiger partial charge is 0.539 e. The number of carbonyl (C=O) groups excluding carboxylic acids is 1. The number of azo groups is 1. The van der Waals surface area contributed by atoms with Gasteiger partial charge in [0, 0.05) is 17.5 Å². The van der Waals surface area contributed by atoms with Crippen LogP contribution in [0.3, 0.4) is 0 Å². The van der Waals surface area contributed by atoms with Crippen molar-refractivity contribution in [2.75, 3.05) is 5.01 Å². The number of para-hydroxylation sites is 1. The highest BCUT2D eigenvalue weighted by molar-refractivity contribution is 7.13. The van der Waals surface area contributed by atoms with E-state index in [4.69, 9.17) is 9.36 Å². The van der Waals surface area contributed by atoms with E-state index in [1.807, 2.05) is 49.4 Å². The number of hydrogen-bond donors (Lipinski definition) is 1. The second kappa shape index (κ2) is 8.61. The third kappa shape index (κ3) is 4.07. The second-order valence-electron chi connectivity index (χ2n) is 6.85. The summed E-state index contributed by atoms with van der Waals surface area (Å²) in [5, 5.41) is 27.5. The molecule has 0 saturated carbocycles. The van der Waals surface area contributed by atoms with E-state index in [9.17, 15) is 9.90 Å². The minimum Gasteiger partial charge on any atom is -0.539 e. The van der Waals surface area contributed by atoms with Crippen molar-refractivity contribution in [3.8, 4) is 23.0 Å². The van der Waals surface area contributed by atoms with Crippen molar-refractivity contribution in [2.45, 2.75) is 6.92 Å². The molecule has 1 aliphatic rings. The van der Waals surface area contributed by atoms with Crippen LogP contribution >= 0.6 is 11.3 Å². The van der Waals surface area contributed by atoms with Crippen molar-refractivity contribution >= 4 is 28.1 Å². The normalized spacial score (nSPS) is 15.0. The third-order valence-electron chi connectivity index (χ3n) is 4.64. The van der Waals surface area contributed by atoms with E-state index in [2.05, 4.69) is 26.1 Å². The predicted molar refractivity (Wildman–Crippen MR) is 114 cm³/mol. The molecule has 1 N–H and O–H groups in total. The molecule has 12 heteroatoms. The van der Waals surface area contributed by atoms with E-state index >= 15 is 0 Å². The molecule has 33 heavy (non-hydrogen) atoms. The molecular weight excluding hydrogens is 446 g/mol. The Morgan fingerprint density at radius 3 is 2.76 bits per heavy atom. The molecule has 0 bridgehead atoms. The van der Waals surface area contributed by atoms with Crippen molar-refractivity contribution in [1.82, 2.24) is 15.8 Å². The minimum absolute atomic E-state index is 0.153. The van der Waals surface area contributed by atoms with Gasteiger partial charge in [0.05, 0.1) is 17.2 Å². The van der Waals surface area contributed by atoms with Gasteiger partial charge >= 0.3 is 5.97 Å². The summed E-state index contributed by atoms with van der Waals surface area (Å²) in [6.45, 7) is 1.96. The third-order valence-corrected chi connectivity index (χ3v) is 5.37. The van der Waals surface area contributed by atoms with Crippen LogP contribution in [-0.4, -0.2) is 16.2 Å². The van der Waals surface area contributed by atoms with Crippen LogP contribution in [0.2, 0.25) is 0 Å². The molecule has 0 unspecified atom stereocenters. The standard InChI is InChI=1S/C21H15N7O4S/c1-13-7-9-15(10-8-13)28-18(20(30)32-26-28)16-12-33-21(23-16)24-22-11-17-19(29)31-25-27(17)14-5-3-2-4-6-14/h2-12,25H,1H3/b17-11+,24-22?. The fraction of sp³-hybridized carbons (Fsp3) is 0.0476. The number of benzene rings is 2. The molecule has 11 nitrogen and oxygen atoms in total. The molecule has 4 aromatic rings. The lowest BCUT2D eigenvalue weighted by Crippen LogP contribution is -2.34. The molecule has 0 atom stereocenters. The number of aryl methyl sites for hydroxylation is 1. The zero-order chi connectivity index (χ0) is 22.8. The summed E-state index contributed by atoms with van der Waals surface area (Å²) in [7, 11) is 0. The van der Waals surface area contributed by atoms with E-state index in [1.165, 1.54) is 27.2 Å². The van der Waals surface area contributed by atoms with Crippen LogP contribution < -0.4 is 20.4 Å². The smallest absolute Gasteiger partial charge is 0.378 e. The highest BCUT2D eigenvalue weighted by Crippen LogP contribution is 2.30. The maximum absolute atomic E-state index is 12.3. The first-order valence-corrected chi connectivity index (χ1v) is 10.5. The molecule has 1 aliphatic heterocycles. The lowest BCUT2D eigenvalue weighted by atomic mass is 10.2. The minimum atomic E-state index is -0.621. The number of hydrogen-bond acceptors (Lipinski definition) is 11. The van der Waals surface area contributed by atoms with Crippen molar-refractivity contribution in [3.63, 3.8) is 0 Å². The topological polar surface area (TPSA) is 132 Å². The van der Waals surface area contributed by atoms with Crippen molar-refractivity contribution in [2.24, 2.45) is 10.2 Å². The zero-order valence-corrected chi connectivity index (χ0v) is 17.9. The van der Waals surface area contributed by atoms with E-state index in [-0.39, 0.29) is 16.5 Å². The average molecular weight is 461 g/mol. The summed E-state index contributed by atoms with van der Waals surface area (Å²) >= 11 is 1.18. The maximum atomic E-state index is 12.3. The van der Waals surface area contributed by atoms with Crippen molar-refractivity contribution in [3.05, 3.63) is 77.4 Å². The predicted octanol–water partition coefficient (Wildman–Crippen LogP) is 2.86. The number of rotatable bonds is 5. The summed E-state index contributed by atoms with van der Waals surface area (Å²) in [5.41, 5.74) is 5.63. The van der Waals surface area contributed by atoms with Gasteiger partial charge in [0.1, 0.15) is 0 Å². The molecular formula is C21H15N7O4S. The molecule has 0 aliphatic carbocycles. The van der Waals surface area contributed by atoms with Crippen LogP contribution in [-0.2, 0) is 9.63 Å². The monoisotopic (exact) mass is 461 g/mol. The van der Waals surface area contributed by atoms with Crippen LogP contribution in [0.25, 0.3) is 17.1 Å². The lowest BCUT2D eigenvalue weighted by molar-refractivity contribution is -0.660. The maximum Gasteiger partial charge on any atom is 0.378 e. The van der Waals surface area contributed by atoms with E-state index in [1.54, 1.807) is 17.5 Å². The lowest BCUT2D eigenvalue weighted by Gasteiger charge is -2.14. The van der Waals surface area contributed by atoms with Gasteiger partial charge in [0.2, 0.25) is 10.8 Å². The molecule has 1 saturated heterocycles. The van der Waals surface area contributed by atoms with Crippen LogP contribution in [0.4, 0.5) is 10.8 Å². The molecule has 0 radical (unpaired) electrons. The summed E-state index contributed by atoms with van der Waals surface area (Å²) in [6, 6.07) is 16.6. The average Bonchev–Trinajstić information content (AvgIpc) is 3.54. The number of nitrogens with one attached hydrogen (secondary N) is 1. The Morgan fingerprint density at radius 2 is 1.97 bits per heavy atom. The Kier molecular flexibility index (Phi) is 5.34. The molecule has 5 rings (SSSR count). The molecule has 1 fully saturated rings. The highest BCUT2D eigenvalue weighted by atomic mass is 32.1.